The standard InChI is InChI=1S/C9H8Br2O2/c1-13-7-4-2-3-6(9(7)12)5-8(10)11/h2-5,12H,1H3. The van der Waals surface area contributed by atoms with Crippen LogP contribution in [0.4, 0.5) is 0 Å². The van der Waals surface area contributed by atoms with E-state index in [1.54, 1.807) is 18.2 Å². The normalized spacial score (nSPS) is 9.46. The summed E-state index contributed by atoms with van der Waals surface area (Å²) in [5.41, 5.74) is 0.697. The molecule has 0 saturated heterocycles. The fraction of sp³-hybridized carbons (Fsp3) is 0.111. The van der Waals surface area contributed by atoms with Gasteiger partial charge in [-0.1, -0.05) is 12.1 Å². The zero-order chi connectivity index (χ0) is 9.84. The van der Waals surface area contributed by atoms with Crippen LogP contribution in [0.1, 0.15) is 5.56 Å². The van der Waals surface area contributed by atoms with Gasteiger partial charge in [0.2, 0.25) is 0 Å². The highest BCUT2D eigenvalue weighted by atomic mass is 79.9. The van der Waals surface area contributed by atoms with Crippen molar-refractivity contribution in [2.45, 2.75) is 0 Å². The molecule has 0 saturated carbocycles. The van der Waals surface area contributed by atoms with Crippen molar-refractivity contribution >= 4 is 37.9 Å². The summed E-state index contributed by atoms with van der Waals surface area (Å²) in [6, 6.07) is 5.31. The predicted octanol–water partition coefficient (Wildman–Crippen LogP) is 3.49. The molecule has 1 aromatic carbocycles. The molecule has 1 aromatic rings. The lowest BCUT2D eigenvalue weighted by Crippen LogP contribution is -1.84. The van der Waals surface area contributed by atoms with Gasteiger partial charge in [-0.05, 0) is 44.0 Å². The van der Waals surface area contributed by atoms with Crippen molar-refractivity contribution in [2.24, 2.45) is 0 Å². The van der Waals surface area contributed by atoms with Crippen LogP contribution in [0.3, 0.4) is 0 Å². The Morgan fingerprint density at radius 1 is 1.46 bits per heavy atom. The lowest BCUT2D eigenvalue weighted by molar-refractivity contribution is 0.373. The minimum Gasteiger partial charge on any atom is -0.504 e. The van der Waals surface area contributed by atoms with Crippen LogP contribution in [0.5, 0.6) is 11.5 Å². The molecular formula is C9H8Br2O2. The van der Waals surface area contributed by atoms with E-state index in [0.29, 0.717) is 11.3 Å². The highest BCUT2D eigenvalue weighted by molar-refractivity contribution is 9.28. The van der Waals surface area contributed by atoms with Crippen molar-refractivity contribution in [3.05, 3.63) is 27.2 Å². The average Bonchev–Trinajstić information content (AvgIpc) is 2.08. The van der Waals surface area contributed by atoms with Crippen LogP contribution in [0.2, 0.25) is 0 Å². The smallest absolute Gasteiger partial charge is 0.165 e. The lowest BCUT2D eigenvalue weighted by atomic mass is 10.2. The van der Waals surface area contributed by atoms with Crippen molar-refractivity contribution < 1.29 is 9.84 Å². The first-order valence-corrected chi connectivity index (χ1v) is 5.12. The molecule has 70 valence electrons. The Balaban J connectivity index is 3.16. The summed E-state index contributed by atoms with van der Waals surface area (Å²) in [4.78, 5) is 0. The summed E-state index contributed by atoms with van der Waals surface area (Å²) < 4.78 is 5.72. The number of halogens is 2. The largest absolute Gasteiger partial charge is 0.504 e. The summed E-state index contributed by atoms with van der Waals surface area (Å²) in [5.74, 6) is 0.608. The van der Waals surface area contributed by atoms with E-state index in [1.165, 1.54) is 7.11 Å². The van der Waals surface area contributed by atoms with E-state index in [0.717, 1.165) is 3.39 Å². The Bertz CT molecular complexity index is 330. The molecule has 0 spiro atoms. The number of ether oxygens (including phenoxy) is 1. The number of para-hydroxylation sites is 1. The summed E-state index contributed by atoms with van der Waals surface area (Å²) in [5, 5.41) is 9.63. The maximum atomic E-state index is 9.63. The van der Waals surface area contributed by atoms with Crippen LogP contribution in [-0.4, -0.2) is 12.2 Å². The second-order valence-electron chi connectivity index (χ2n) is 2.33. The summed E-state index contributed by atoms with van der Waals surface area (Å²) in [6.07, 6.45) is 1.75. The van der Waals surface area contributed by atoms with E-state index in [2.05, 4.69) is 31.9 Å². The molecule has 0 aliphatic rings. The van der Waals surface area contributed by atoms with Gasteiger partial charge < -0.3 is 9.84 Å². The highest BCUT2D eigenvalue weighted by Crippen LogP contribution is 2.32. The number of hydrogen-bond donors (Lipinski definition) is 1. The van der Waals surface area contributed by atoms with E-state index >= 15 is 0 Å². The van der Waals surface area contributed by atoms with E-state index in [1.807, 2.05) is 6.07 Å². The van der Waals surface area contributed by atoms with Gasteiger partial charge in [-0.25, -0.2) is 0 Å². The van der Waals surface area contributed by atoms with Crippen molar-refractivity contribution in [3.63, 3.8) is 0 Å². The van der Waals surface area contributed by atoms with Crippen molar-refractivity contribution in [1.82, 2.24) is 0 Å². The van der Waals surface area contributed by atoms with Gasteiger partial charge in [0.1, 0.15) is 0 Å². The zero-order valence-electron chi connectivity index (χ0n) is 6.92. The van der Waals surface area contributed by atoms with Crippen LogP contribution in [0.15, 0.2) is 21.6 Å². The molecule has 0 bridgehead atoms. The Morgan fingerprint density at radius 3 is 2.69 bits per heavy atom. The quantitative estimate of drug-likeness (QED) is 0.906. The Labute approximate surface area is 93.5 Å². The Hall–Kier alpha value is -0.480. The molecule has 0 unspecified atom stereocenters. The topological polar surface area (TPSA) is 29.5 Å². The maximum absolute atomic E-state index is 9.63. The molecule has 0 aliphatic carbocycles. The van der Waals surface area contributed by atoms with Crippen LogP contribution in [-0.2, 0) is 0 Å². The number of methoxy groups -OCH3 is 1. The number of hydrogen-bond acceptors (Lipinski definition) is 2. The molecule has 0 radical (unpaired) electrons. The third-order valence-corrected chi connectivity index (χ3v) is 1.97. The van der Waals surface area contributed by atoms with Gasteiger partial charge in [-0.15, -0.1) is 0 Å². The van der Waals surface area contributed by atoms with E-state index in [-0.39, 0.29) is 5.75 Å². The number of phenolic OH excluding ortho intramolecular Hbond substituents is 1. The molecule has 1 N–H and O–H groups in total. The SMILES string of the molecule is COc1cccc(C=C(Br)Br)c1O. The van der Waals surface area contributed by atoms with Crippen LogP contribution < -0.4 is 4.74 Å². The minimum atomic E-state index is 0.140. The van der Waals surface area contributed by atoms with Gasteiger partial charge >= 0.3 is 0 Å². The number of rotatable bonds is 2. The van der Waals surface area contributed by atoms with Gasteiger partial charge in [0.05, 0.1) is 10.5 Å². The molecule has 0 aromatic heterocycles. The molecule has 0 amide bonds. The second-order valence-corrected chi connectivity index (χ2v) is 5.10. The van der Waals surface area contributed by atoms with Gasteiger partial charge in [0.15, 0.2) is 11.5 Å². The molecule has 1 rings (SSSR count). The molecule has 4 heteroatoms. The number of phenols is 1. The van der Waals surface area contributed by atoms with Crippen LogP contribution in [0, 0.1) is 0 Å². The Morgan fingerprint density at radius 2 is 2.15 bits per heavy atom. The van der Waals surface area contributed by atoms with Crippen molar-refractivity contribution in [3.8, 4) is 11.5 Å². The van der Waals surface area contributed by atoms with E-state index < -0.39 is 0 Å². The first kappa shape index (κ1) is 10.6. The summed E-state index contributed by atoms with van der Waals surface area (Å²) >= 11 is 6.44. The van der Waals surface area contributed by atoms with Gasteiger partial charge in [-0.2, -0.15) is 0 Å². The van der Waals surface area contributed by atoms with Gasteiger partial charge in [0.25, 0.3) is 0 Å². The van der Waals surface area contributed by atoms with Crippen LogP contribution in [0.25, 0.3) is 6.08 Å². The molecule has 0 atom stereocenters. The van der Waals surface area contributed by atoms with Gasteiger partial charge in [-0.3, -0.25) is 0 Å². The van der Waals surface area contributed by atoms with E-state index in [4.69, 9.17) is 4.74 Å². The second kappa shape index (κ2) is 4.67. The van der Waals surface area contributed by atoms with E-state index in [9.17, 15) is 5.11 Å². The first-order valence-electron chi connectivity index (χ1n) is 3.54. The molecule has 0 aliphatic heterocycles. The molecular weight excluding hydrogens is 300 g/mol. The number of benzene rings is 1. The lowest BCUT2D eigenvalue weighted by Gasteiger charge is -2.04. The third kappa shape index (κ3) is 2.74. The Kier molecular flexibility index (Phi) is 3.81. The maximum Gasteiger partial charge on any atom is 0.165 e. The molecule has 13 heavy (non-hydrogen) atoms. The average molecular weight is 308 g/mol. The summed E-state index contributed by atoms with van der Waals surface area (Å²) in [7, 11) is 1.52. The summed E-state index contributed by atoms with van der Waals surface area (Å²) in [6.45, 7) is 0. The van der Waals surface area contributed by atoms with Crippen molar-refractivity contribution in [2.75, 3.05) is 7.11 Å². The van der Waals surface area contributed by atoms with Gasteiger partial charge in [0, 0.05) is 5.56 Å². The fourth-order valence-corrected chi connectivity index (χ4v) is 1.43. The zero-order valence-corrected chi connectivity index (χ0v) is 10.1. The number of aromatic hydroxyl groups is 1. The highest BCUT2D eigenvalue weighted by Gasteiger charge is 2.04. The molecule has 0 heterocycles. The van der Waals surface area contributed by atoms with Crippen LogP contribution >= 0.6 is 31.9 Å². The predicted molar refractivity (Wildman–Crippen MR) is 60.5 cm³/mol. The molecule has 0 fully saturated rings. The molecule has 2 nitrogen and oxygen atoms in total. The monoisotopic (exact) mass is 306 g/mol. The fourth-order valence-electron chi connectivity index (χ4n) is 0.938. The third-order valence-electron chi connectivity index (χ3n) is 1.51. The first-order chi connectivity index (χ1) is 6.15. The van der Waals surface area contributed by atoms with Crippen molar-refractivity contribution in [1.29, 1.82) is 0 Å². The minimum absolute atomic E-state index is 0.140.